The van der Waals surface area contributed by atoms with E-state index in [9.17, 15) is 0 Å². The van der Waals surface area contributed by atoms with Crippen LogP contribution in [-0.2, 0) is 6.42 Å². The molecule has 114 valence electrons. The quantitative estimate of drug-likeness (QED) is 0.733. The Bertz CT molecular complexity index is 545. The number of nitrogens with one attached hydrogen (secondary N) is 1. The lowest BCUT2D eigenvalue weighted by molar-refractivity contribution is 0.414. The van der Waals surface area contributed by atoms with Gasteiger partial charge in [-0.2, -0.15) is 0 Å². The highest BCUT2D eigenvalue weighted by molar-refractivity contribution is 9.10. The summed E-state index contributed by atoms with van der Waals surface area (Å²) in [6.07, 6.45) is 2.14. The summed E-state index contributed by atoms with van der Waals surface area (Å²) in [5.74, 6) is 0.909. The van der Waals surface area contributed by atoms with E-state index in [2.05, 4.69) is 53.3 Å². The van der Waals surface area contributed by atoms with Crippen LogP contribution in [0.2, 0.25) is 0 Å². The Morgan fingerprint density at radius 2 is 2.00 bits per heavy atom. The Hall–Kier alpha value is -0.840. The molecule has 2 rings (SSSR count). The molecule has 1 N–H and O–H groups in total. The minimum Gasteiger partial charge on any atom is -0.497 e. The number of methoxy groups -OCH3 is 1. The van der Waals surface area contributed by atoms with E-state index in [-0.39, 0.29) is 0 Å². The number of benzene rings is 1. The molecule has 0 fully saturated rings. The molecule has 21 heavy (non-hydrogen) atoms. The lowest BCUT2D eigenvalue weighted by Gasteiger charge is -2.17. The second-order valence-corrected chi connectivity index (χ2v) is 7.25. The van der Waals surface area contributed by atoms with Gasteiger partial charge in [-0.3, -0.25) is 0 Å². The molecule has 1 atom stereocenters. The number of thiophene rings is 1. The number of hydrogen-bond donors (Lipinski definition) is 1. The summed E-state index contributed by atoms with van der Waals surface area (Å²) in [6, 6.07) is 11.0. The number of aryl methyl sites for hydroxylation is 1. The molecule has 0 radical (unpaired) electrons. The van der Waals surface area contributed by atoms with E-state index in [1.807, 2.05) is 23.5 Å². The first-order valence-corrected chi connectivity index (χ1v) is 8.87. The van der Waals surface area contributed by atoms with Gasteiger partial charge in [0, 0.05) is 20.3 Å². The van der Waals surface area contributed by atoms with Crippen LogP contribution in [0.25, 0.3) is 0 Å². The van der Waals surface area contributed by atoms with Crippen LogP contribution >= 0.6 is 27.3 Å². The topological polar surface area (TPSA) is 21.3 Å². The minimum absolute atomic E-state index is 0.369. The lowest BCUT2D eigenvalue weighted by Crippen LogP contribution is -2.23. The van der Waals surface area contributed by atoms with Crippen molar-refractivity contribution in [3.8, 4) is 5.75 Å². The standard InChI is InChI=1S/C17H22BrNOS/c1-4-9-19-16(17-11-15(18)12(2)21-17)10-13-5-7-14(20-3)8-6-13/h5-8,11,16,19H,4,9-10H2,1-3H3. The fraction of sp³-hybridized carbons (Fsp3) is 0.412. The average Bonchev–Trinajstić information content (AvgIpc) is 2.83. The molecular formula is C17H22BrNOS. The number of ether oxygens (including phenoxy) is 1. The molecule has 0 bridgehead atoms. The van der Waals surface area contributed by atoms with Gasteiger partial charge >= 0.3 is 0 Å². The Morgan fingerprint density at radius 3 is 2.52 bits per heavy atom. The van der Waals surface area contributed by atoms with Gasteiger partial charge in [0.1, 0.15) is 5.75 Å². The highest BCUT2D eigenvalue weighted by Crippen LogP contribution is 2.32. The zero-order valence-electron chi connectivity index (χ0n) is 12.8. The van der Waals surface area contributed by atoms with Crippen molar-refractivity contribution < 1.29 is 4.74 Å². The van der Waals surface area contributed by atoms with Crippen molar-refractivity contribution in [3.63, 3.8) is 0 Å². The summed E-state index contributed by atoms with van der Waals surface area (Å²) < 4.78 is 6.43. The van der Waals surface area contributed by atoms with Gasteiger partial charge in [0.05, 0.1) is 7.11 Å². The highest BCUT2D eigenvalue weighted by atomic mass is 79.9. The molecule has 0 spiro atoms. The molecule has 0 saturated carbocycles. The first-order valence-electron chi connectivity index (χ1n) is 7.26. The van der Waals surface area contributed by atoms with Crippen LogP contribution in [0.1, 0.15) is 34.7 Å². The summed E-state index contributed by atoms with van der Waals surface area (Å²) >= 11 is 5.49. The largest absolute Gasteiger partial charge is 0.497 e. The van der Waals surface area contributed by atoms with Gasteiger partial charge in [-0.25, -0.2) is 0 Å². The van der Waals surface area contributed by atoms with Gasteiger partial charge in [0.15, 0.2) is 0 Å². The van der Waals surface area contributed by atoms with E-state index in [0.29, 0.717) is 6.04 Å². The van der Waals surface area contributed by atoms with Gasteiger partial charge < -0.3 is 10.1 Å². The maximum atomic E-state index is 5.22. The first-order chi connectivity index (χ1) is 10.1. The monoisotopic (exact) mass is 367 g/mol. The summed E-state index contributed by atoms with van der Waals surface area (Å²) in [6.45, 7) is 5.39. The molecule has 4 heteroatoms. The molecule has 1 heterocycles. The number of hydrogen-bond acceptors (Lipinski definition) is 3. The maximum Gasteiger partial charge on any atom is 0.118 e. The predicted molar refractivity (Wildman–Crippen MR) is 94.5 cm³/mol. The van der Waals surface area contributed by atoms with E-state index in [1.54, 1.807) is 7.11 Å². The Balaban J connectivity index is 2.15. The van der Waals surface area contributed by atoms with Crippen molar-refractivity contribution in [1.29, 1.82) is 0 Å². The third-order valence-corrected chi connectivity index (χ3v) is 5.71. The van der Waals surface area contributed by atoms with E-state index in [4.69, 9.17) is 4.74 Å². The van der Waals surface area contributed by atoms with Crippen LogP contribution < -0.4 is 10.1 Å². The summed E-state index contributed by atoms with van der Waals surface area (Å²) in [5, 5.41) is 3.66. The van der Waals surface area contributed by atoms with Crippen LogP contribution in [0.4, 0.5) is 0 Å². The Morgan fingerprint density at radius 1 is 1.29 bits per heavy atom. The molecule has 0 aliphatic carbocycles. The van der Waals surface area contributed by atoms with Crippen LogP contribution in [-0.4, -0.2) is 13.7 Å². The lowest BCUT2D eigenvalue weighted by atomic mass is 10.0. The molecule has 1 unspecified atom stereocenters. The Labute approximate surface area is 139 Å². The number of halogens is 1. The molecule has 2 nitrogen and oxygen atoms in total. The van der Waals surface area contributed by atoms with Crippen molar-refractivity contribution in [2.24, 2.45) is 0 Å². The van der Waals surface area contributed by atoms with Crippen molar-refractivity contribution in [3.05, 3.63) is 50.1 Å². The fourth-order valence-electron chi connectivity index (χ4n) is 2.24. The SMILES string of the molecule is CCCNC(Cc1ccc(OC)cc1)c1cc(Br)c(C)s1. The molecule has 2 aromatic rings. The second-order valence-electron chi connectivity index (χ2n) is 5.11. The van der Waals surface area contributed by atoms with Crippen molar-refractivity contribution in [1.82, 2.24) is 5.32 Å². The van der Waals surface area contributed by atoms with E-state index in [1.165, 1.54) is 19.8 Å². The van der Waals surface area contributed by atoms with Crippen LogP contribution in [0.5, 0.6) is 5.75 Å². The molecule has 0 amide bonds. The average molecular weight is 368 g/mol. The van der Waals surface area contributed by atoms with Gasteiger partial charge in [-0.1, -0.05) is 19.1 Å². The molecule has 0 saturated heterocycles. The fourth-order valence-corrected chi connectivity index (χ4v) is 3.88. The first kappa shape index (κ1) is 16.5. The maximum absolute atomic E-state index is 5.22. The predicted octanol–water partition coefficient (Wildman–Crippen LogP) is 5.11. The van der Waals surface area contributed by atoms with E-state index < -0.39 is 0 Å². The van der Waals surface area contributed by atoms with Crippen molar-refractivity contribution in [2.45, 2.75) is 32.7 Å². The number of rotatable bonds is 7. The van der Waals surface area contributed by atoms with E-state index in [0.717, 1.165) is 25.1 Å². The third-order valence-electron chi connectivity index (χ3n) is 3.46. The van der Waals surface area contributed by atoms with Crippen LogP contribution in [0.3, 0.4) is 0 Å². The molecule has 1 aromatic carbocycles. The summed E-state index contributed by atoms with van der Waals surface area (Å²) in [5.41, 5.74) is 1.33. The van der Waals surface area contributed by atoms with Crippen LogP contribution in [0, 0.1) is 6.92 Å². The van der Waals surface area contributed by atoms with Gasteiger partial charge in [-0.05, 0) is 66.0 Å². The van der Waals surface area contributed by atoms with Crippen molar-refractivity contribution >= 4 is 27.3 Å². The zero-order chi connectivity index (χ0) is 15.2. The molecule has 1 aromatic heterocycles. The van der Waals surface area contributed by atoms with Crippen molar-refractivity contribution in [2.75, 3.05) is 13.7 Å². The molecule has 0 aliphatic rings. The normalized spacial score (nSPS) is 12.4. The molecular weight excluding hydrogens is 346 g/mol. The minimum atomic E-state index is 0.369. The van der Waals surface area contributed by atoms with Crippen LogP contribution in [0.15, 0.2) is 34.8 Å². The van der Waals surface area contributed by atoms with Gasteiger partial charge in [0.2, 0.25) is 0 Å². The Kier molecular flexibility index (Phi) is 6.27. The highest BCUT2D eigenvalue weighted by Gasteiger charge is 2.15. The second kappa shape index (κ2) is 7.97. The summed E-state index contributed by atoms with van der Waals surface area (Å²) in [4.78, 5) is 2.73. The smallest absolute Gasteiger partial charge is 0.118 e. The molecule has 0 aliphatic heterocycles. The van der Waals surface area contributed by atoms with Gasteiger partial charge in [0.25, 0.3) is 0 Å². The summed E-state index contributed by atoms with van der Waals surface area (Å²) in [7, 11) is 1.70. The zero-order valence-corrected chi connectivity index (χ0v) is 15.2. The van der Waals surface area contributed by atoms with E-state index >= 15 is 0 Å². The van der Waals surface area contributed by atoms with Gasteiger partial charge in [-0.15, -0.1) is 11.3 Å². The third kappa shape index (κ3) is 4.56.